The summed E-state index contributed by atoms with van der Waals surface area (Å²) in [6, 6.07) is 9.73. The van der Waals surface area contributed by atoms with Crippen LogP contribution in [0.25, 0.3) is 5.65 Å². The molecular formula is C18H21N3O2S. The van der Waals surface area contributed by atoms with Crippen LogP contribution in [0.2, 0.25) is 0 Å². The third-order valence-corrected chi connectivity index (χ3v) is 4.81. The Morgan fingerprint density at radius 1 is 1.12 bits per heavy atom. The molecule has 5 nitrogen and oxygen atoms in total. The first-order chi connectivity index (χ1) is 11.3. The zero-order valence-electron chi connectivity index (χ0n) is 14.1. The molecule has 1 N–H and O–H groups in total. The van der Waals surface area contributed by atoms with E-state index < -0.39 is 9.84 Å². The van der Waals surface area contributed by atoms with Crippen LogP contribution < -0.4 is 5.32 Å². The van der Waals surface area contributed by atoms with Gasteiger partial charge in [0.1, 0.15) is 5.65 Å². The van der Waals surface area contributed by atoms with Crippen LogP contribution in [0.3, 0.4) is 0 Å². The largest absolute Gasteiger partial charge is 0.379 e. The van der Waals surface area contributed by atoms with Crippen molar-refractivity contribution in [3.63, 3.8) is 0 Å². The van der Waals surface area contributed by atoms with E-state index in [0.29, 0.717) is 6.54 Å². The number of benzene rings is 1. The third-order valence-electron chi connectivity index (χ3n) is 3.97. The highest BCUT2D eigenvalue weighted by molar-refractivity contribution is 7.89. The monoisotopic (exact) mass is 343 g/mol. The molecule has 0 aliphatic rings. The molecule has 0 unspecified atom stereocenters. The van der Waals surface area contributed by atoms with Crippen molar-refractivity contribution < 1.29 is 8.42 Å². The van der Waals surface area contributed by atoms with Gasteiger partial charge in [0.15, 0.2) is 9.84 Å². The molecule has 0 saturated carbocycles. The Bertz CT molecular complexity index is 991. The minimum Gasteiger partial charge on any atom is -0.379 e. The summed E-state index contributed by atoms with van der Waals surface area (Å²) in [5.74, 6) is 0.0575. The molecule has 0 saturated heterocycles. The fourth-order valence-corrected chi connectivity index (χ4v) is 3.62. The summed E-state index contributed by atoms with van der Waals surface area (Å²) in [7, 11) is -3.05. The van der Waals surface area contributed by atoms with Crippen molar-refractivity contribution in [2.75, 3.05) is 11.6 Å². The molecule has 0 bridgehead atoms. The van der Waals surface area contributed by atoms with Crippen LogP contribution in [-0.4, -0.2) is 24.1 Å². The van der Waals surface area contributed by atoms with Crippen LogP contribution in [0.4, 0.5) is 5.69 Å². The first-order valence-electron chi connectivity index (χ1n) is 7.76. The van der Waals surface area contributed by atoms with Crippen LogP contribution in [0.1, 0.15) is 22.4 Å². The van der Waals surface area contributed by atoms with Crippen molar-refractivity contribution in [2.45, 2.75) is 26.1 Å². The van der Waals surface area contributed by atoms with E-state index in [1.54, 1.807) is 0 Å². The third kappa shape index (κ3) is 3.76. The van der Waals surface area contributed by atoms with Gasteiger partial charge < -0.3 is 9.72 Å². The fourth-order valence-electron chi connectivity index (χ4n) is 2.74. The predicted octanol–water partition coefficient (Wildman–Crippen LogP) is 3.11. The summed E-state index contributed by atoms with van der Waals surface area (Å²) in [5, 5.41) is 3.36. The number of rotatable bonds is 5. The Balaban J connectivity index is 1.79. The first kappa shape index (κ1) is 16.5. The molecule has 3 rings (SSSR count). The smallest absolute Gasteiger partial charge is 0.151 e. The molecule has 6 heteroatoms. The van der Waals surface area contributed by atoms with Gasteiger partial charge in [0.2, 0.25) is 0 Å². The molecular weight excluding hydrogens is 322 g/mol. The van der Waals surface area contributed by atoms with Crippen molar-refractivity contribution >= 4 is 21.2 Å². The van der Waals surface area contributed by atoms with Gasteiger partial charge in [-0.15, -0.1) is 0 Å². The van der Waals surface area contributed by atoms with Crippen molar-refractivity contribution in [1.82, 2.24) is 9.38 Å². The number of sulfone groups is 1. The molecule has 0 fully saturated rings. The molecule has 0 radical (unpaired) electrons. The highest BCUT2D eigenvalue weighted by Crippen LogP contribution is 2.21. The summed E-state index contributed by atoms with van der Waals surface area (Å²) in [5.41, 5.74) is 5.76. The minimum atomic E-state index is -3.05. The van der Waals surface area contributed by atoms with E-state index in [2.05, 4.69) is 10.3 Å². The molecule has 0 aliphatic carbocycles. The predicted molar refractivity (Wildman–Crippen MR) is 97.0 cm³/mol. The van der Waals surface area contributed by atoms with Crippen LogP contribution in [0.15, 0.2) is 42.7 Å². The number of fused-ring (bicyclic) bond motifs is 1. The lowest BCUT2D eigenvalue weighted by molar-refractivity contribution is 0.601. The number of imidazole rings is 1. The Morgan fingerprint density at radius 3 is 2.67 bits per heavy atom. The Labute approximate surface area is 142 Å². The van der Waals surface area contributed by atoms with E-state index in [1.807, 2.05) is 61.0 Å². The number of aromatic nitrogens is 2. The summed E-state index contributed by atoms with van der Waals surface area (Å²) in [4.78, 5) is 4.58. The molecule has 3 aromatic rings. The van der Waals surface area contributed by atoms with Gasteiger partial charge in [0, 0.05) is 24.3 Å². The quantitative estimate of drug-likeness (QED) is 0.773. The first-order valence-corrected chi connectivity index (χ1v) is 9.82. The van der Waals surface area contributed by atoms with Gasteiger partial charge in [0.25, 0.3) is 0 Å². The lowest BCUT2D eigenvalue weighted by Gasteiger charge is -2.12. The van der Waals surface area contributed by atoms with E-state index in [-0.39, 0.29) is 5.75 Å². The number of hydrogen-bond donors (Lipinski definition) is 1. The summed E-state index contributed by atoms with van der Waals surface area (Å²) in [6.07, 6.45) is 5.31. The molecule has 24 heavy (non-hydrogen) atoms. The number of nitrogens with one attached hydrogen (secondary N) is 1. The highest BCUT2D eigenvalue weighted by atomic mass is 32.2. The van der Waals surface area contributed by atoms with Gasteiger partial charge in [0.05, 0.1) is 18.0 Å². The van der Waals surface area contributed by atoms with Crippen molar-refractivity contribution in [3.8, 4) is 0 Å². The highest BCUT2D eigenvalue weighted by Gasteiger charge is 2.10. The number of nitrogens with zero attached hydrogens (tertiary/aromatic N) is 2. The van der Waals surface area contributed by atoms with E-state index in [0.717, 1.165) is 28.2 Å². The molecule has 126 valence electrons. The second-order valence-corrected chi connectivity index (χ2v) is 8.36. The maximum atomic E-state index is 11.5. The number of aryl methyl sites for hydroxylation is 1. The fraction of sp³-hybridized carbons (Fsp3) is 0.278. The van der Waals surface area contributed by atoms with Gasteiger partial charge in [-0.2, -0.15) is 0 Å². The Hall–Kier alpha value is -2.34. The zero-order chi connectivity index (χ0) is 17.3. The molecule has 0 aliphatic heterocycles. The van der Waals surface area contributed by atoms with Gasteiger partial charge in [-0.25, -0.2) is 13.4 Å². The lowest BCUT2D eigenvalue weighted by atomic mass is 10.1. The SMILES string of the molecule is Cc1ccc2nc(CNc3cccc(CS(C)(=O)=O)c3C)cn2c1. The van der Waals surface area contributed by atoms with Gasteiger partial charge in [-0.05, 0) is 42.7 Å². The number of hydrogen-bond acceptors (Lipinski definition) is 4. The molecule has 1 aromatic carbocycles. The molecule has 0 spiro atoms. The number of pyridine rings is 1. The maximum Gasteiger partial charge on any atom is 0.151 e. The standard InChI is InChI=1S/C18H21N3O2S/c1-13-7-8-18-20-16(11-21(18)10-13)9-19-17-6-4-5-15(14(17)2)12-24(3,22)23/h4-8,10-11,19H,9,12H2,1-3H3. The zero-order valence-corrected chi connectivity index (χ0v) is 14.9. The van der Waals surface area contributed by atoms with Crippen molar-refractivity contribution in [1.29, 1.82) is 0 Å². The molecule has 2 aromatic heterocycles. The Morgan fingerprint density at radius 2 is 1.92 bits per heavy atom. The topological polar surface area (TPSA) is 63.5 Å². The average molecular weight is 343 g/mol. The summed E-state index contributed by atoms with van der Waals surface area (Å²) < 4.78 is 25.1. The molecule has 2 heterocycles. The average Bonchev–Trinajstić information content (AvgIpc) is 2.88. The minimum absolute atomic E-state index is 0.0575. The van der Waals surface area contributed by atoms with Gasteiger partial charge in [-0.3, -0.25) is 0 Å². The van der Waals surface area contributed by atoms with Crippen LogP contribution in [0, 0.1) is 13.8 Å². The second-order valence-electron chi connectivity index (χ2n) is 6.22. The van der Waals surface area contributed by atoms with E-state index in [4.69, 9.17) is 0 Å². The van der Waals surface area contributed by atoms with Crippen LogP contribution >= 0.6 is 0 Å². The summed E-state index contributed by atoms with van der Waals surface area (Å²) >= 11 is 0. The van der Waals surface area contributed by atoms with Crippen LogP contribution in [0.5, 0.6) is 0 Å². The van der Waals surface area contributed by atoms with Gasteiger partial charge in [-0.1, -0.05) is 18.2 Å². The lowest BCUT2D eigenvalue weighted by Crippen LogP contribution is -2.06. The summed E-state index contributed by atoms with van der Waals surface area (Å²) in [6.45, 7) is 4.58. The number of anilines is 1. The Kier molecular flexibility index (Phi) is 4.32. The second kappa shape index (κ2) is 6.28. The van der Waals surface area contributed by atoms with Crippen LogP contribution in [-0.2, 0) is 22.1 Å². The van der Waals surface area contributed by atoms with Gasteiger partial charge >= 0.3 is 0 Å². The normalized spacial score (nSPS) is 11.8. The molecule has 0 atom stereocenters. The molecule has 0 amide bonds. The van der Waals surface area contributed by atoms with E-state index in [9.17, 15) is 8.42 Å². The van der Waals surface area contributed by atoms with Crippen molar-refractivity contribution in [2.24, 2.45) is 0 Å². The van der Waals surface area contributed by atoms with E-state index >= 15 is 0 Å². The van der Waals surface area contributed by atoms with E-state index in [1.165, 1.54) is 11.8 Å². The maximum absolute atomic E-state index is 11.5. The van der Waals surface area contributed by atoms with Crippen molar-refractivity contribution in [3.05, 3.63) is 65.1 Å².